The molecule has 1 aromatic carbocycles. The monoisotopic (exact) mass is 272 g/mol. The van der Waals surface area contributed by atoms with E-state index in [9.17, 15) is 5.11 Å². The van der Waals surface area contributed by atoms with Crippen LogP contribution in [0.5, 0.6) is 17.2 Å². The van der Waals surface area contributed by atoms with E-state index in [1.807, 2.05) is 0 Å². The van der Waals surface area contributed by atoms with Crippen molar-refractivity contribution in [3.8, 4) is 17.2 Å². The second-order valence-corrected chi connectivity index (χ2v) is 5.11. The molecule has 0 fully saturated rings. The van der Waals surface area contributed by atoms with Crippen LogP contribution in [0.1, 0.15) is 25.8 Å². The van der Waals surface area contributed by atoms with Crippen LogP contribution in [0.3, 0.4) is 0 Å². The van der Waals surface area contributed by atoms with Crippen LogP contribution >= 0.6 is 11.6 Å². The molecule has 0 atom stereocenters. The SMILES string of the molecule is COc1c(Cl)cc2c(c1C(C)(C)O)OCCCO2. The lowest BCUT2D eigenvalue weighted by molar-refractivity contribution is 0.0716. The molecule has 1 N–H and O–H groups in total. The van der Waals surface area contributed by atoms with Crippen LogP contribution in [0.15, 0.2) is 6.07 Å². The van der Waals surface area contributed by atoms with Crippen LogP contribution in [0.2, 0.25) is 5.02 Å². The molecule has 0 radical (unpaired) electrons. The van der Waals surface area contributed by atoms with Gasteiger partial charge in [0.05, 0.1) is 36.5 Å². The predicted octanol–water partition coefficient (Wildman–Crippen LogP) is 2.74. The minimum absolute atomic E-state index is 0.402. The van der Waals surface area contributed by atoms with Crippen LogP contribution in [0.25, 0.3) is 0 Å². The van der Waals surface area contributed by atoms with Gasteiger partial charge in [-0.2, -0.15) is 0 Å². The molecule has 5 heteroatoms. The Bertz CT molecular complexity index is 451. The zero-order valence-corrected chi connectivity index (χ0v) is 11.5. The number of methoxy groups -OCH3 is 1. The Morgan fingerprint density at radius 3 is 2.61 bits per heavy atom. The summed E-state index contributed by atoms with van der Waals surface area (Å²) in [5.41, 5.74) is -0.608. The Hall–Kier alpha value is -1.13. The van der Waals surface area contributed by atoms with Crippen LogP contribution in [-0.4, -0.2) is 25.4 Å². The molecule has 0 aliphatic carbocycles. The first-order chi connectivity index (χ1) is 8.45. The van der Waals surface area contributed by atoms with Gasteiger partial charge in [0.1, 0.15) is 5.75 Å². The summed E-state index contributed by atoms with van der Waals surface area (Å²) < 4.78 is 16.6. The lowest BCUT2D eigenvalue weighted by Crippen LogP contribution is -2.19. The molecular weight excluding hydrogens is 256 g/mol. The van der Waals surface area contributed by atoms with E-state index in [2.05, 4.69) is 0 Å². The number of aliphatic hydroxyl groups is 1. The van der Waals surface area contributed by atoms with Gasteiger partial charge in [0.25, 0.3) is 0 Å². The molecule has 0 saturated carbocycles. The topological polar surface area (TPSA) is 47.9 Å². The number of benzene rings is 1. The van der Waals surface area contributed by atoms with Gasteiger partial charge >= 0.3 is 0 Å². The Balaban J connectivity index is 2.69. The summed E-state index contributed by atoms with van der Waals surface area (Å²) in [4.78, 5) is 0. The fraction of sp³-hybridized carbons (Fsp3) is 0.538. The largest absolute Gasteiger partial charge is 0.495 e. The minimum atomic E-state index is -1.13. The van der Waals surface area contributed by atoms with Crippen molar-refractivity contribution in [3.05, 3.63) is 16.7 Å². The summed E-state index contributed by atoms with van der Waals surface area (Å²) in [7, 11) is 1.51. The summed E-state index contributed by atoms with van der Waals surface area (Å²) in [6.45, 7) is 4.44. The highest BCUT2D eigenvalue weighted by Crippen LogP contribution is 2.48. The molecule has 100 valence electrons. The first-order valence-corrected chi connectivity index (χ1v) is 6.22. The molecule has 1 aliphatic rings. The molecule has 1 aliphatic heterocycles. The minimum Gasteiger partial charge on any atom is -0.495 e. The first kappa shape index (κ1) is 13.3. The summed E-state index contributed by atoms with van der Waals surface area (Å²) in [5.74, 6) is 1.49. The van der Waals surface area contributed by atoms with Crippen molar-refractivity contribution < 1.29 is 19.3 Å². The zero-order valence-electron chi connectivity index (χ0n) is 10.7. The molecule has 18 heavy (non-hydrogen) atoms. The first-order valence-electron chi connectivity index (χ1n) is 5.84. The maximum atomic E-state index is 10.3. The normalized spacial score (nSPS) is 15.2. The van der Waals surface area contributed by atoms with Crippen LogP contribution in [0.4, 0.5) is 0 Å². The van der Waals surface area contributed by atoms with E-state index in [0.29, 0.717) is 41.0 Å². The van der Waals surface area contributed by atoms with Gasteiger partial charge in [-0.1, -0.05) is 11.6 Å². The van der Waals surface area contributed by atoms with Crippen molar-refractivity contribution in [1.82, 2.24) is 0 Å². The number of rotatable bonds is 2. The second kappa shape index (κ2) is 4.86. The van der Waals surface area contributed by atoms with Crippen molar-refractivity contribution in [2.45, 2.75) is 25.9 Å². The van der Waals surface area contributed by atoms with Gasteiger partial charge in [-0.25, -0.2) is 0 Å². The predicted molar refractivity (Wildman–Crippen MR) is 68.9 cm³/mol. The maximum Gasteiger partial charge on any atom is 0.171 e. The molecular formula is C13H17ClO4. The van der Waals surface area contributed by atoms with E-state index >= 15 is 0 Å². The number of hydrogen-bond acceptors (Lipinski definition) is 4. The Morgan fingerprint density at radius 1 is 1.33 bits per heavy atom. The van der Waals surface area contributed by atoms with Crippen molar-refractivity contribution in [1.29, 1.82) is 0 Å². The molecule has 0 saturated heterocycles. The Morgan fingerprint density at radius 2 is 2.00 bits per heavy atom. The molecule has 1 heterocycles. The molecule has 0 amide bonds. The van der Waals surface area contributed by atoms with Gasteiger partial charge in [0.15, 0.2) is 11.5 Å². The molecule has 0 unspecified atom stereocenters. The lowest BCUT2D eigenvalue weighted by Gasteiger charge is -2.25. The third-order valence-corrected chi connectivity index (χ3v) is 3.04. The van der Waals surface area contributed by atoms with Gasteiger partial charge in [0.2, 0.25) is 0 Å². The third kappa shape index (κ3) is 2.35. The number of fused-ring (bicyclic) bond motifs is 1. The van der Waals surface area contributed by atoms with Gasteiger partial charge in [-0.15, -0.1) is 0 Å². The summed E-state index contributed by atoms with van der Waals surface area (Å²) >= 11 is 6.15. The summed E-state index contributed by atoms with van der Waals surface area (Å²) in [6, 6.07) is 1.66. The van der Waals surface area contributed by atoms with Crippen molar-refractivity contribution in [2.24, 2.45) is 0 Å². The van der Waals surface area contributed by atoms with E-state index in [1.54, 1.807) is 19.9 Å². The highest BCUT2D eigenvalue weighted by molar-refractivity contribution is 6.32. The highest BCUT2D eigenvalue weighted by Gasteiger charge is 2.31. The van der Waals surface area contributed by atoms with Crippen molar-refractivity contribution in [3.63, 3.8) is 0 Å². The molecule has 0 bridgehead atoms. The number of halogens is 1. The zero-order chi connectivity index (χ0) is 13.3. The molecule has 0 spiro atoms. The molecule has 4 nitrogen and oxygen atoms in total. The van der Waals surface area contributed by atoms with Crippen molar-refractivity contribution in [2.75, 3.05) is 20.3 Å². The Labute approximate surface area is 111 Å². The quantitative estimate of drug-likeness (QED) is 0.899. The summed E-state index contributed by atoms with van der Waals surface area (Å²) in [6.07, 6.45) is 0.792. The molecule has 0 aromatic heterocycles. The molecule has 2 rings (SSSR count). The Kier molecular flexibility index (Phi) is 3.59. The third-order valence-electron chi connectivity index (χ3n) is 2.76. The van der Waals surface area contributed by atoms with Gasteiger partial charge in [-0.05, 0) is 13.8 Å². The highest BCUT2D eigenvalue weighted by atomic mass is 35.5. The lowest BCUT2D eigenvalue weighted by atomic mass is 9.95. The summed E-state index contributed by atoms with van der Waals surface area (Å²) in [5, 5.41) is 10.7. The fourth-order valence-electron chi connectivity index (χ4n) is 2.01. The second-order valence-electron chi connectivity index (χ2n) is 4.70. The van der Waals surface area contributed by atoms with Crippen molar-refractivity contribution >= 4 is 11.6 Å². The van der Waals surface area contributed by atoms with Gasteiger partial charge in [-0.3, -0.25) is 0 Å². The maximum absolute atomic E-state index is 10.3. The fourth-order valence-corrected chi connectivity index (χ4v) is 2.28. The average molecular weight is 273 g/mol. The van der Waals surface area contributed by atoms with E-state index in [4.69, 9.17) is 25.8 Å². The van der Waals surface area contributed by atoms with Crippen LogP contribution < -0.4 is 14.2 Å². The molecule has 1 aromatic rings. The smallest absolute Gasteiger partial charge is 0.171 e. The van der Waals surface area contributed by atoms with Gasteiger partial charge < -0.3 is 19.3 Å². The van der Waals surface area contributed by atoms with Crippen LogP contribution in [0, 0.1) is 0 Å². The number of ether oxygens (including phenoxy) is 3. The van der Waals surface area contributed by atoms with E-state index in [0.717, 1.165) is 6.42 Å². The van der Waals surface area contributed by atoms with E-state index in [-0.39, 0.29) is 0 Å². The van der Waals surface area contributed by atoms with E-state index < -0.39 is 5.60 Å². The van der Waals surface area contributed by atoms with Gasteiger partial charge in [0, 0.05) is 12.5 Å². The standard InChI is InChI=1S/C13H17ClO4/c1-13(2,15)10-11(16-3)8(14)7-9-12(10)18-6-4-5-17-9/h7,15H,4-6H2,1-3H3. The average Bonchev–Trinajstić information content (AvgIpc) is 2.50. The number of hydrogen-bond donors (Lipinski definition) is 1. The van der Waals surface area contributed by atoms with E-state index in [1.165, 1.54) is 7.11 Å². The van der Waals surface area contributed by atoms with Crippen LogP contribution in [-0.2, 0) is 5.60 Å².